The number of fused-ring (bicyclic) bond motifs is 2. The van der Waals surface area contributed by atoms with E-state index in [-0.39, 0.29) is 23.7 Å². The van der Waals surface area contributed by atoms with Gasteiger partial charge in [-0.2, -0.15) is 0 Å². The molecule has 27 heavy (non-hydrogen) atoms. The third-order valence-corrected chi connectivity index (χ3v) is 6.28. The molecule has 0 unspecified atom stereocenters. The monoisotopic (exact) mass is 395 g/mol. The van der Waals surface area contributed by atoms with Gasteiger partial charge in [0.2, 0.25) is 0 Å². The van der Waals surface area contributed by atoms with E-state index in [2.05, 4.69) is 24.4 Å². The average molecular weight is 396 g/mol. The van der Waals surface area contributed by atoms with Gasteiger partial charge in [0.05, 0.1) is 12.1 Å². The maximum atomic E-state index is 12.3. The van der Waals surface area contributed by atoms with Crippen LogP contribution in [-0.4, -0.2) is 46.1 Å². The van der Waals surface area contributed by atoms with Crippen LogP contribution in [0.2, 0.25) is 0 Å². The van der Waals surface area contributed by atoms with Crippen molar-refractivity contribution in [3.63, 3.8) is 0 Å². The molecule has 5 atom stereocenters. The molecule has 0 saturated carbocycles. The predicted molar refractivity (Wildman–Crippen MR) is 104 cm³/mol. The van der Waals surface area contributed by atoms with E-state index in [1.54, 1.807) is 6.08 Å². The highest BCUT2D eigenvalue weighted by molar-refractivity contribution is 8.14. The van der Waals surface area contributed by atoms with Crippen molar-refractivity contribution >= 4 is 23.0 Å². The summed E-state index contributed by atoms with van der Waals surface area (Å²) in [5, 5.41) is 13.7. The van der Waals surface area contributed by atoms with Crippen LogP contribution < -0.4 is 5.32 Å². The molecular weight excluding hydrogens is 366 g/mol. The van der Waals surface area contributed by atoms with Gasteiger partial charge in [0.1, 0.15) is 6.10 Å². The van der Waals surface area contributed by atoms with Crippen LogP contribution in [0, 0.1) is 5.92 Å². The van der Waals surface area contributed by atoms with E-state index in [1.807, 2.05) is 6.92 Å². The first-order valence-electron chi connectivity index (χ1n) is 9.72. The smallest absolute Gasteiger partial charge is 0.330 e. The lowest BCUT2D eigenvalue weighted by Gasteiger charge is -2.43. The zero-order valence-electron chi connectivity index (χ0n) is 16.0. The van der Waals surface area contributed by atoms with E-state index in [1.165, 1.54) is 0 Å². The Bertz CT molecular complexity index is 634. The second-order valence-electron chi connectivity index (χ2n) is 7.89. The highest BCUT2D eigenvalue weighted by Crippen LogP contribution is 2.37. The minimum atomic E-state index is -1.51. The predicted octanol–water partition coefficient (Wildman–Crippen LogP) is 3.30. The van der Waals surface area contributed by atoms with Gasteiger partial charge in [-0.25, -0.2) is 4.79 Å². The molecule has 2 saturated heterocycles. The molecule has 0 aromatic carbocycles. The highest BCUT2D eigenvalue weighted by Gasteiger charge is 2.49. The Morgan fingerprint density at radius 2 is 2.11 bits per heavy atom. The van der Waals surface area contributed by atoms with Crippen LogP contribution in [0.1, 0.15) is 52.4 Å². The van der Waals surface area contributed by atoms with E-state index >= 15 is 0 Å². The minimum absolute atomic E-state index is 0.160. The Morgan fingerprint density at radius 1 is 1.30 bits per heavy atom. The lowest BCUT2D eigenvalue weighted by molar-refractivity contribution is -0.283. The van der Waals surface area contributed by atoms with Crippen molar-refractivity contribution in [1.82, 2.24) is 5.32 Å². The molecule has 0 aromatic heterocycles. The van der Waals surface area contributed by atoms with Crippen LogP contribution in [0.25, 0.3) is 0 Å². The normalized spacial score (nSPS) is 41.7. The van der Waals surface area contributed by atoms with Gasteiger partial charge >= 0.3 is 5.97 Å². The Morgan fingerprint density at radius 3 is 2.85 bits per heavy atom. The van der Waals surface area contributed by atoms with Gasteiger partial charge in [-0.05, 0) is 38.5 Å². The number of allylic oxidation sites excluding steroid dienone is 3. The van der Waals surface area contributed by atoms with Gasteiger partial charge in [-0.1, -0.05) is 36.4 Å². The summed E-state index contributed by atoms with van der Waals surface area (Å²) in [7, 11) is 0. The van der Waals surface area contributed by atoms with E-state index in [0.717, 1.165) is 43.0 Å². The highest BCUT2D eigenvalue weighted by atomic mass is 32.2. The lowest BCUT2D eigenvalue weighted by atomic mass is 9.90. The van der Waals surface area contributed by atoms with Crippen molar-refractivity contribution in [2.24, 2.45) is 5.92 Å². The van der Waals surface area contributed by atoms with E-state index in [4.69, 9.17) is 9.47 Å². The fraction of sp³-hybridized carbons (Fsp3) is 0.700. The van der Waals surface area contributed by atoms with E-state index < -0.39 is 17.9 Å². The van der Waals surface area contributed by atoms with Gasteiger partial charge in [0.15, 0.2) is 5.79 Å². The van der Waals surface area contributed by atoms with Crippen LogP contribution in [0.4, 0.5) is 4.79 Å². The Kier molecular flexibility index (Phi) is 6.65. The van der Waals surface area contributed by atoms with Crippen molar-refractivity contribution in [1.29, 1.82) is 0 Å². The van der Waals surface area contributed by atoms with E-state index in [0.29, 0.717) is 18.1 Å². The van der Waals surface area contributed by atoms with Crippen molar-refractivity contribution < 1.29 is 24.2 Å². The molecule has 0 aromatic rings. The molecular formula is C20H29NO5S. The lowest BCUT2D eigenvalue weighted by Crippen LogP contribution is -2.58. The average Bonchev–Trinajstić information content (AvgIpc) is 3.03. The fourth-order valence-corrected chi connectivity index (χ4v) is 4.75. The largest absolute Gasteiger partial charge is 0.459 e. The van der Waals surface area contributed by atoms with Crippen molar-refractivity contribution in [2.75, 3.05) is 5.75 Å². The maximum absolute atomic E-state index is 12.3. The number of carbonyl (C=O) groups is 2. The minimum Gasteiger partial charge on any atom is -0.459 e. The van der Waals surface area contributed by atoms with Gasteiger partial charge in [0, 0.05) is 24.7 Å². The zero-order chi connectivity index (χ0) is 19.4. The zero-order valence-corrected chi connectivity index (χ0v) is 16.8. The van der Waals surface area contributed by atoms with Gasteiger partial charge in [0.25, 0.3) is 5.24 Å². The fourth-order valence-electron chi connectivity index (χ4n) is 3.86. The number of ether oxygens (including phenoxy) is 2. The number of carbonyl (C=O) groups excluding carboxylic acids is 2. The molecule has 3 rings (SSSR count). The topological polar surface area (TPSA) is 84.9 Å². The van der Waals surface area contributed by atoms with Crippen LogP contribution in [0.3, 0.4) is 0 Å². The SMILES string of the molecule is C/C1=C\C(=O)O[C@@H]2C[C@@H](CC[C@H](C)/C=C\CC1)O[C@@](O)([C@H]1CSC(=O)N1)C2. The molecule has 3 aliphatic rings. The van der Waals surface area contributed by atoms with Crippen molar-refractivity contribution in [2.45, 2.75) is 76.4 Å². The number of thioether (sulfide) groups is 1. The number of hydrogen-bond acceptors (Lipinski definition) is 6. The third kappa shape index (κ3) is 5.59. The van der Waals surface area contributed by atoms with Crippen LogP contribution >= 0.6 is 11.8 Å². The Labute approximate surface area is 164 Å². The summed E-state index contributed by atoms with van der Waals surface area (Å²) in [6.07, 6.45) is 9.42. The van der Waals surface area contributed by atoms with Gasteiger partial charge in [-0.15, -0.1) is 0 Å². The number of amides is 1. The molecule has 150 valence electrons. The molecule has 1 amide bonds. The molecule has 0 aliphatic carbocycles. The first-order chi connectivity index (χ1) is 12.8. The molecule has 2 N–H and O–H groups in total. The molecule has 3 heterocycles. The first kappa shape index (κ1) is 20.4. The van der Waals surface area contributed by atoms with Crippen molar-refractivity contribution in [3.8, 4) is 0 Å². The van der Waals surface area contributed by atoms with Crippen molar-refractivity contribution in [3.05, 3.63) is 23.8 Å². The summed E-state index contributed by atoms with van der Waals surface area (Å²) in [5.74, 6) is -1.03. The van der Waals surface area contributed by atoms with E-state index in [9.17, 15) is 14.7 Å². The molecule has 0 radical (unpaired) electrons. The summed E-state index contributed by atoms with van der Waals surface area (Å²) in [4.78, 5) is 23.9. The number of rotatable bonds is 1. The second-order valence-corrected chi connectivity index (χ2v) is 8.88. The summed E-state index contributed by atoms with van der Waals surface area (Å²) in [6.45, 7) is 4.10. The summed E-state index contributed by atoms with van der Waals surface area (Å²) in [5.41, 5.74) is 0.979. The summed E-state index contributed by atoms with van der Waals surface area (Å²) < 4.78 is 11.7. The number of esters is 1. The van der Waals surface area contributed by atoms with Gasteiger partial charge < -0.3 is 19.9 Å². The quantitative estimate of drug-likeness (QED) is 0.523. The molecule has 2 bridgehead atoms. The summed E-state index contributed by atoms with van der Waals surface area (Å²) >= 11 is 1.14. The standard InChI is InChI=1S/C20H29NO5S/c1-13-5-3-4-6-14(2)9-18(22)25-16-10-15(8-7-13)26-20(24,11-16)17-12-27-19(23)21-17/h3,5,9,13,15-17,24H,4,6-8,10-12H2,1-2H3,(H,21,23)/b5-3-,14-9+/t13-,15-,16-,17-,20-/m1/s1. The summed E-state index contributed by atoms with van der Waals surface area (Å²) in [6, 6.07) is -0.493. The van der Waals surface area contributed by atoms with Gasteiger partial charge in [-0.3, -0.25) is 4.79 Å². The molecule has 3 aliphatic heterocycles. The van der Waals surface area contributed by atoms with Crippen LogP contribution in [-0.2, 0) is 14.3 Å². The Balaban J connectivity index is 1.78. The molecule has 2 fully saturated rings. The molecule has 6 nitrogen and oxygen atoms in total. The number of aliphatic hydroxyl groups is 1. The molecule has 7 heteroatoms. The number of hydrogen-bond donors (Lipinski definition) is 2. The maximum Gasteiger partial charge on any atom is 0.330 e. The van der Waals surface area contributed by atoms with Crippen LogP contribution in [0.15, 0.2) is 23.8 Å². The number of nitrogens with one attached hydrogen (secondary N) is 1. The first-order valence-corrected chi connectivity index (χ1v) is 10.7. The third-order valence-electron chi connectivity index (χ3n) is 5.40. The Hall–Kier alpha value is -1.31. The van der Waals surface area contributed by atoms with Crippen LogP contribution in [0.5, 0.6) is 0 Å². The molecule has 0 spiro atoms. The second kappa shape index (κ2) is 8.80.